The van der Waals surface area contributed by atoms with Gasteiger partial charge in [0.1, 0.15) is 0 Å². The lowest BCUT2D eigenvalue weighted by Crippen LogP contribution is -2.25. The Balaban J connectivity index is 2.44. The lowest BCUT2D eigenvalue weighted by Gasteiger charge is -2.28. The molecule has 0 fully saturated rings. The van der Waals surface area contributed by atoms with E-state index in [0.717, 1.165) is 17.8 Å². The van der Waals surface area contributed by atoms with Gasteiger partial charge in [-0.25, -0.2) is 0 Å². The van der Waals surface area contributed by atoms with Crippen LogP contribution in [0.2, 0.25) is 5.02 Å². The van der Waals surface area contributed by atoms with Crippen LogP contribution in [0.4, 0.5) is 5.69 Å². The molecular formula is C10H12ClNO. The van der Waals surface area contributed by atoms with Crippen LogP contribution in [0.25, 0.3) is 0 Å². The summed E-state index contributed by atoms with van der Waals surface area (Å²) in [4.78, 5) is 0. The molecule has 0 amide bonds. The summed E-state index contributed by atoms with van der Waals surface area (Å²) in [6, 6.07) is 5.54. The van der Waals surface area contributed by atoms with E-state index in [-0.39, 0.29) is 12.0 Å². The van der Waals surface area contributed by atoms with Crippen molar-refractivity contribution in [1.29, 1.82) is 0 Å². The largest absolute Gasteiger partial charge is 0.388 e. The normalized spacial score (nSPS) is 26.4. The molecule has 2 atom stereocenters. The van der Waals surface area contributed by atoms with Gasteiger partial charge in [0.25, 0.3) is 0 Å². The molecule has 0 saturated carbocycles. The molecule has 2 nitrogen and oxygen atoms in total. The van der Waals surface area contributed by atoms with Crippen molar-refractivity contribution in [2.75, 3.05) is 11.9 Å². The highest BCUT2D eigenvalue weighted by atomic mass is 35.5. The molecule has 0 saturated heterocycles. The van der Waals surface area contributed by atoms with E-state index in [1.54, 1.807) is 0 Å². The maximum Gasteiger partial charge on any atom is 0.0852 e. The summed E-state index contributed by atoms with van der Waals surface area (Å²) >= 11 is 5.84. The third kappa shape index (κ3) is 1.52. The van der Waals surface area contributed by atoms with Gasteiger partial charge in [-0.1, -0.05) is 24.6 Å². The molecule has 2 N–H and O–H groups in total. The molecule has 70 valence electrons. The molecule has 13 heavy (non-hydrogen) atoms. The molecule has 2 unspecified atom stereocenters. The third-order valence-corrected chi connectivity index (χ3v) is 2.72. The van der Waals surface area contributed by atoms with Crippen LogP contribution < -0.4 is 5.32 Å². The Hall–Kier alpha value is -0.730. The predicted molar refractivity (Wildman–Crippen MR) is 54.1 cm³/mol. The van der Waals surface area contributed by atoms with E-state index in [9.17, 15) is 5.11 Å². The van der Waals surface area contributed by atoms with Crippen LogP contribution in [0.5, 0.6) is 0 Å². The van der Waals surface area contributed by atoms with Crippen LogP contribution in [-0.2, 0) is 0 Å². The number of halogens is 1. The highest BCUT2D eigenvalue weighted by Gasteiger charge is 2.23. The fourth-order valence-corrected chi connectivity index (χ4v) is 1.80. The van der Waals surface area contributed by atoms with Crippen molar-refractivity contribution in [2.45, 2.75) is 13.0 Å². The Kier molecular flexibility index (Phi) is 2.18. The SMILES string of the molecule is CC1CNc2cc(Cl)ccc2C1O. The molecule has 1 aliphatic rings. The fraction of sp³-hybridized carbons (Fsp3) is 0.400. The Morgan fingerprint density at radius 1 is 1.54 bits per heavy atom. The first-order chi connectivity index (χ1) is 6.18. The first-order valence-corrected chi connectivity index (χ1v) is 4.77. The van der Waals surface area contributed by atoms with Crippen LogP contribution in [0.3, 0.4) is 0 Å². The van der Waals surface area contributed by atoms with E-state index >= 15 is 0 Å². The number of anilines is 1. The Morgan fingerprint density at radius 3 is 3.08 bits per heavy atom. The van der Waals surface area contributed by atoms with Crippen molar-refractivity contribution in [2.24, 2.45) is 5.92 Å². The number of aliphatic hydroxyl groups excluding tert-OH is 1. The molecule has 0 spiro atoms. The summed E-state index contributed by atoms with van der Waals surface area (Å²) in [5, 5.41) is 13.8. The molecule has 1 aromatic rings. The zero-order chi connectivity index (χ0) is 9.42. The van der Waals surface area contributed by atoms with Gasteiger partial charge < -0.3 is 10.4 Å². The van der Waals surface area contributed by atoms with Gasteiger partial charge in [0.15, 0.2) is 0 Å². The van der Waals surface area contributed by atoms with E-state index in [2.05, 4.69) is 5.32 Å². The number of nitrogens with one attached hydrogen (secondary N) is 1. The predicted octanol–water partition coefficient (Wildman–Crippen LogP) is 2.44. The summed E-state index contributed by atoms with van der Waals surface area (Å²) in [5.41, 5.74) is 1.90. The van der Waals surface area contributed by atoms with Gasteiger partial charge in [-0.15, -0.1) is 0 Å². The molecule has 0 aliphatic carbocycles. The Labute approximate surface area is 82.5 Å². The first-order valence-electron chi connectivity index (χ1n) is 4.40. The molecule has 0 bridgehead atoms. The summed E-state index contributed by atoms with van der Waals surface area (Å²) < 4.78 is 0. The average molecular weight is 198 g/mol. The van der Waals surface area contributed by atoms with Crippen molar-refractivity contribution in [3.63, 3.8) is 0 Å². The molecule has 1 heterocycles. The number of hydrogen-bond acceptors (Lipinski definition) is 2. The smallest absolute Gasteiger partial charge is 0.0852 e. The monoisotopic (exact) mass is 197 g/mol. The lowest BCUT2D eigenvalue weighted by molar-refractivity contribution is 0.120. The van der Waals surface area contributed by atoms with Gasteiger partial charge in [-0.2, -0.15) is 0 Å². The summed E-state index contributed by atoms with van der Waals surface area (Å²) in [6.45, 7) is 2.82. The summed E-state index contributed by atoms with van der Waals surface area (Å²) in [6.07, 6.45) is -0.367. The molecular weight excluding hydrogens is 186 g/mol. The van der Waals surface area contributed by atoms with Gasteiger partial charge in [0, 0.05) is 28.7 Å². The van der Waals surface area contributed by atoms with Crippen LogP contribution >= 0.6 is 11.6 Å². The molecule has 3 heteroatoms. The van der Waals surface area contributed by atoms with Gasteiger partial charge in [-0.3, -0.25) is 0 Å². The second kappa shape index (κ2) is 3.20. The quantitative estimate of drug-likeness (QED) is 0.670. The van der Waals surface area contributed by atoms with Crippen molar-refractivity contribution >= 4 is 17.3 Å². The molecule has 2 rings (SSSR count). The van der Waals surface area contributed by atoms with E-state index in [1.807, 2.05) is 25.1 Å². The molecule has 0 aromatic heterocycles. The van der Waals surface area contributed by atoms with E-state index < -0.39 is 0 Å². The minimum absolute atomic E-state index is 0.258. The van der Waals surface area contributed by atoms with Gasteiger partial charge in [0.2, 0.25) is 0 Å². The minimum atomic E-state index is -0.367. The zero-order valence-electron chi connectivity index (χ0n) is 7.42. The highest BCUT2D eigenvalue weighted by Crippen LogP contribution is 2.34. The van der Waals surface area contributed by atoms with Crippen molar-refractivity contribution in [3.8, 4) is 0 Å². The maximum absolute atomic E-state index is 9.84. The Bertz CT molecular complexity index is 327. The van der Waals surface area contributed by atoms with Crippen molar-refractivity contribution in [3.05, 3.63) is 28.8 Å². The Morgan fingerprint density at radius 2 is 2.31 bits per heavy atom. The first kappa shape index (κ1) is 8.85. The summed E-state index contributed by atoms with van der Waals surface area (Å²) in [5.74, 6) is 0.258. The van der Waals surface area contributed by atoms with Crippen molar-refractivity contribution in [1.82, 2.24) is 0 Å². The molecule has 1 aliphatic heterocycles. The molecule has 0 radical (unpaired) electrons. The van der Waals surface area contributed by atoms with E-state index in [0.29, 0.717) is 5.02 Å². The average Bonchev–Trinajstić information content (AvgIpc) is 2.12. The molecule has 1 aromatic carbocycles. The maximum atomic E-state index is 9.84. The van der Waals surface area contributed by atoms with Crippen LogP contribution in [-0.4, -0.2) is 11.7 Å². The topological polar surface area (TPSA) is 32.3 Å². The van der Waals surface area contributed by atoms with Gasteiger partial charge >= 0.3 is 0 Å². The third-order valence-electron chi connectivity index (χ3n) is 2.49. The number of fused-ring (bicyclic) bond motifs is 1. The zero-order valence-corrected chi connectivity index (χ0v) is 8.17. The number of rotatable bonds is 0. The van der Waals surface area contributed by atoms with E-state index in [1.165, 1.54) is 0 Å². The second-order valence-electron chi connectivity index (χ2n) is 3.53. The van der Waals surface area contributed by atoms with Crippen molar-refractivity contribution < 1.29 is 5.11 Å². The highest BCUT2D eigenvalue weighted by molar-refractivity contribution is 6.30. The number of benzene rings is 1. The number of aliphatic hydroxyl groups is 1. The number of hydrogen-bond donors (Lipinski definition) is 2. The summed E-state index contributed by atoms with van der Waals surface area (Å²) in [7, 11) is 0. The van der Waals surface area contributed by atoms with Gasteiger partial charge in [-0.05, 0) is 12.1 Å². The lowest BCUT2D eigenvalue weighted by atomic mass is 9.92. The van der Waals surface area contributed by atoms with Crippen LogP contribution in [0.1, 0.15) is 18.6 Å². The minimum Gasteiger partial charge on any atom is -0.388 e. The van der Waals surface area contributed by atoms with Crippen LogP contribution in [0, 0.1) is 5.92 Å². The van der Waals surface area contributed by atoms with Gasteiger partial charge in [0.05, 0.1) is 6.10 Å². The van der Waals surface area contributed by atoms with Crippen LogP contribution in [0.15, 0.2) is 18.2 Å². The fourth-order valence-electron chi connectivity index (χ4n) is 1.63. The van der Waals surface area contributed by atoms with E-state index in [4.69, 9.17) is 11.6 Å². The standard InChI is InChI=1S/C10H12ClNO/c1-6-5-12-9-4-7(11)2-3-8(9)10(6)13/h2-4,6,10,12-13H,5H2,1H3. The second-order valence-corrected chi connectivity index (χ2v) is 3.97.